The van der Waals surface area contributed by atoms with Gasteiger partial charge in [-0.1, -0.05) is 39.7 Å². The summed E-state index contributed by atoms with van der Waals surface area (Å²) in [7, 11) is 0. The van der Waals surface area contributed by atoms with E-state index < -0.39 is 6.10 Å². The summed E-state index contributed by atoms with van der Waals surface area (Å²) in [4.78, 5) is 2.25. The van der Waals surface area contributed by atoms with Crippen molar-refractivity contribution in [1.82, 2.24) is 0 Å². The van der Waals surface area contributed by atoms with E-state index in [9.17, 15) is 5.11 Å². The van der Waals surface area contributed by atoms with Crippen molar-refractivity contribution in [3.63, 3.8) is 0 Å². The van der Waals surface area contributed by atoms with Crippen molar-refractivity contribution < 1.29 is 5.11 Å². The number of rotatable bonds is 4. The molecule has 2 rings (SSSR count). The zero-order chi connectivity index (χ0) is 14.7. The highest BCUT2D eigenvalue weighted by molar-refractivity contribution is 9.10. The summed E-state index contributed by atoms with van der Waals surface area (Å²) < 4.78 is 0.940. The fourth-order valence-corrected chi connectivity index (χ4v) is 2.96. The van der Waals surface area contributed by atoms with E-state index in [0.717, 1.165) is 22.3 Å². The van der Waals surface area contributed by atoms with Crippen molar-refractivity contribution in [1.29, 1.82) is 0 Å². The van der Waals surface area contributed by atoms with Crippen LogP contribution in [-0.4, -0.2) is 11.7 Å². The van der Waals surface area contributed by atoms with Gasteiger partial charge < -0.3 is 10.0 Å². The molecule has 2 aromatic rings. The summed E-state index contributed by atoms with van der Waals surface area (Å²) in [6, 6.07) is 14.6. The van der Waals surface area contributed by atoms with E-state index in [1.165, 1.54) is 11.3 Å². The average molecular weight is 334 g/mol. The molecule has 0 fully saturated rings. The fraction of sp³-hybridized carbons (Fsp3) is 0.294. The molecule has 1 N–H and O–H groups in total. The Kier molecular flexibility index (Phi) is 4.84. The lowest BCUT2D eigenvalue weighted by Gasteiger charge is -2.24. The van der Waals surface area contributed by atoms with Crippen molar-refractivity contribution in [2.45, 2.75) is 26.9 Å². The van der Waals surface area contributed by atoms with Crippen LogP contribution in [-0.2, 0) is 0 Å². The van der Waals surface area contributed by atoms with E-state index in [4.69, 9.17) is 0 Å². The summed E-state index contributed by atoms with van der Waals surface area (Å²) in [6.07, 6.45) is -0.465. The van der Waals surface area contributed by atoms with Crippen LogP contribution in [0.2, 0.25) is 0 Å². The smallest absolute Gasteiger partial charge is 0.0772 e. The third-order valence-electron chi connectivity index (χ3n) is 3.41. The Morgan fingerprint density at radius 2 is 1.70 bits per heavy atom. The highest BCUT2D eigenvalue weighted by atomic mass is 79.9. The number of aliphatic hydroxyl groups is 1. The average Bonchev–Trinajstić information content (AvgIpc) is 2.41. The number of aryl methyl sites for hydroxylation is 1. The maximum absolute atomic E-state index is 9.70. The maximum atomic E-state index is 9.70. The Balaban J connectivity index is 2.37. The van der Waals surface area contributed by atoms with Gasteiger partial charge in [-0.15, -0.1) is 0 Å². The molecule has 1 unspecified atom stereocenters. The predicted octanol–water partition coefficient (Wildman–Crippen LogP) is 4.97. The SMILES string of the molecule is CCN(c1ccc(C)cc1)c1ccc(C(C)O)c(Br)c1. The minimum atomic E-state index is -0.465. The van der Waals surface area contributed by atoms with Crippen LogP contribution in [0.15, 0.2) is 46.9 Å². The Morgan fingerprint density at radius 3 is 2.20 bits per heavy atom. The van der Waals surface area contributed by atoms with Gasteiger partial charge in [0.15, 0.2) is 0 Å². The van der Waals surface area contributed by atoms with Crippen molar-refractivity contribution in [2.24, 2.45) is 0 Å². The second-order valence-electron chi connectivity index (χ2n) is 4.96. The molecule has 0 saturated carbocycles. The molecule has 0 heterocycles. The van der Waals surface area contributed by atoms with E-state index in [-0.39, 0.29) is 0 Å². The van der Waals surface area contributed by atoms with Crippen molar-refractivity contribution in [2.75, 3.05) is 11.4 Å². The zero-order valence-corrected chi connectivity index (χ0v) is 13.7. The molecule has 3 heteroatoms. The highest BCUT2D eigenvalue weighted by Gasteiger charge is 2.11. The Labute approximate surface area is 129 Å². The third kappa shape index (κ3) is 3.22. The first-order chi connectivity index (χ1) is 9.52. The zero-order valence-electron chi connectivity index (χ0n) is 12.1. The molecule has 106 valence electrons. The minimum absolute atomic E-state index is 0.465. The number of aliphatic hydroxyl groups excluding tert-OH is 1. The lowest BCUT2D eigenvalue weighted by molar-refractivity contribution is 0.198. The number of halogens is 1. The van der Waals surface area contributed by atoms with Gasteiger partial charge in [0.25, 0.3) is 0 Å². The van der Waals surface area contributed by atoms with Crippen LogP contribution < -0.4 is 4.90 Å². The molecular formula is C17H20BrNO. The molecule has 20 heavy (non-hydrogen) atoms. The van der Waals surface area contributed by atoms with Gasteiger partial charge in [0.1, 0.15) is 0 Å². The van der Waals surface area contributed by atoms with Gasteiger partial charge in [-0.25, -0.2) is 0 Å². The van der Waals surface area contributed by atoms with E-state index >= 15 is 0 Å². The predicted molar refractivity (Wildman–Crippen MR) is 88.6 cm³/mol. The largest absolute Gasteiger partial charge is 0.389 e. The summed E-state index contributed by atoms with van der Waals surface area (Å²) >= 11 is 3.54. The van der Waals surface area contributed by atoms with Gasteiger partial charge in [0.2, 0.25) is 0 Å². The quantitative estimate of drug-likeness (QED) is 0.853. The number of nitrogens with zero attached hydrogens (tertiary/aromatic N) is 1. The van der Waals surface area contributed by atoms with Crippen LogP contribution in [0.1, 0.15) is 31.1 Å². The molecule has 0 aliphatic rings. The van der Waals surface area contributed by atoms with Crippen molar-refractivity contribution in [3.8, 4) is 0 Å². The van der Waals surface area contributed by atoms with Gasteiger partial charge in [-0.2, -0.15) is 0 Å². The van der Waals surface area contributed by atoms with Gasteiger partial charge in [-0.05, 0) is 50.6 Å². The van der Waals surface area contributed by atoms with E-state index in [1.807, 2.05) is 6.07 Å². The highest BCUT2D eigenvalue weighted by Crippen LogP contribution is 2.31. The normalized spacial score (nSPS) is 12.2. The topological polar surface area (TPSA) is 23.5 Å². The second kappa shape index (κ2) is 6.42. The Bertz CT molecular complexity index is 578. The van der Waals surface area contributed by atoms with Gasteiger partial charge >= 0.3 is 0 Å². The van der Waals surface area contributed by atoms with Crippen molar-refractivity contribution >= 4 is 27.3 Å². The van der Waals surface area contributed by atoms with Gasteiger partial charge in [0.05, 0.1) is 6.10 Å². The van der Waals surface area contributed by atoms with Crippen LogP contribution >= 0.6 is 15.9 Å². The van der Waals surface area contributed by atoms with Crippen molar-refractivity contribution in [3.05, 3.63) is 58.1 Å². The van der Waals surface area contributed by atoms with Gasteiger partial charge in [-0.3, -0.25) is 0 Å². The monoisotopic (exact) mass is 333 g/mol. The summed E-state index contributed by atoms with van der Waals surface area (Å²) in [5.74, 6) is 0. The molecule has 1 atom stereocenters. The summed E-state index contributed by atoms with van der Waals surface area (Å²) in [5.41, 5.74) is 4.46. The Hall–Kier alpha value is -1.32. The number of hydrogen-bond acceptors (Lipinski definition) is 2. The van der Waals surface area contributed by atoms with Crippen LogP contribution in [0.4, 0.5) is 11.4 Å². The molecule has 2 nitrogen and oxygen atoms in total. The molecule has 0 aromatic heterocycles. The van der Waals surface area contributed by atoms with Crippen LogP contribution in [0.3, 0.4) is 0 Å². The number of benzene rings is 2. The van der Waals surface area contributed by atoms with Gasteiger partial charge in [0, 0.05) is 22.4 Å². The minimum Gasteiger partial charge on any atom is -0.389 e. The third-order valence-corrected chi connectivity index (χ3v) is 4.09. The van der Waals surface area contributed by atoms with E-state index in [1.54, 1.807) is 6.92 Å². The molecule has 0 spiro atoms. The first kappa shape index (κ1) is 15.1. The number of hydrogen-bond donors (Lipinski definition) is 1. The molecule has 0 aliphatic heterocycles. The first-order valence-electron chi connectivity index (χ1n) is 6.84. The summed E-state index contributed by atoms with van der Waals surface area (Å²) in [6.45, 7) is 6.89. The molecular weight excluding hydrogens is 314 g/mol. The molecule has 0 radical (unpaired) electrons. The maximum Gasteiger partial charge on any atom is 0.0772 e. The first-order valence-corrected chi connectivity index (χ1v) is 7.64. The molecule has 0 saturated heterocycles. The number of anilines is 2. The fourth-order valence-electron chi connectivity index (χ4n) is 2.26. The van der Waals surface area contributed by atoms with E-state index in [0.29, 0.717) is 0 Å². The van der Waals surface area contributed by atoms with Crippen LogP contribution in [0, 0.1) is 6.92 Å². The molecule has 2 aromatic carbocycles. The van der Waals surface area contributed by atoms with Crippen LogP contribution in [0.25, 0.3) is 0 Å². The second-order valence-corrected chi connectivity index (χ2v) is 5.82. The van der Waals surface area contributed by atoms with Crippen LogP contribution in [0.5, 0.6) is 0 Å². The standard InChI is InChI=1S/C17H20BrNO/c1-4-19(14-7-5-12(2)6-8-14)15-9-10-16(13(3)20)17(18)11-15/h5-11,13,20H,4H2,1-3H3. The molecule has 0 aliphatic carbocycles. The summed E-state index contributed by atoms with van der Waals surface area (Å²) in [5, 5.41) is 9.70. The lowest BCUT2D eigenvalue weighted by atomic mass is 10.1. The molecule has 0 bridgehead atoms. The lowest BCUT2D eigenvalue weighted by Crippen LogP contribution is -2.16. The Morgan fingerprint density at radius 1 is 1.10 bits per heavy atom. The van der Waals surface area contributed by atoms with E-state index in [2.05, 4.69) is 71.1 Å². The molecule has 0 amide bonds.